The SMILES string of the molecule is CCOC(=O)C=C1N[C@@H](C)Cc2cc(OC)c(OC)cc21. The molecule has 1 aliphatic rings. The van der Waals surface area contributed by atoms with Crippen molar-refractivity contribution in [3.8, 4) is 11.5 Å². The molecular weight excluding hydrogens is 270 g/mol. The monoisotopic (exact) mass is 291 g/mol. The smallest absolute Gasteiger partial charge is 0.332 e. The molecule has 21 heavy (non-hydrogen) atoms. The molecule has 5 nitrogen and oxygen atoms in total. The maximum atomic E-state index is 11.7. The fourth-order valence-corrected chi connectivity index (χ4v) is 2.49. The molecule has 0 bridgehead atoms. The predicted octanol–water partition coefficient (Wildman–Crippen LogP) is 2.14. The Labute approximate surface area is 124 Å². The fraction of sp³-hybridized carbons (Fsp3) is 0.438. The van der Waals surface area contributed by atoms with Gasteiger partial charge in [-0.15, -0.1) is 0 Å². The predicted molar refractivity (Wildman–Crippen MR) is 80.5 cm³/mol. The number of hydrogen-bond acceptors (Lipinski definition) is 5. The Hall–Kier alpha value is -2.17. The molecule has 1 aromatic rings. The van der Waals surface area contributed by atoms with Gasteiger partial charge in [0.25, 0.3) is 0 Å². The van der Waals surface area contributed by atoms with Crippen LogP contribution in [-0.4, -0.2) is 32.8 Å². The Morgan fingerprint density at radius 1 is 1.33 bits per heavy atom. The highest BCUT2D eigenvalue weighted by molar-refractivity contribution is 5.92. The highest BCUT2D eigenvalue weighted by Crippen LogP contribution is 2.35. The Bertz CT molecular complexity index is 566. The van der Waals surface area contributed by atoms with Gasteiger partial charge < -0.3 is 19.5 Å². The summed E-state index contributed by atoms with van der Waals surface area (Å²) in [4.78, 5) is 11.7. The summed E-state index contributed by atoms with van der Waals surface area (Å²) >= 11 is 0. The van der Waals surface area contributed by atoms with E-state index in [1.54, 1.807) is 21.1 Å². The standard InChI is InChI=1S/C16H21NO4/c1-5-21-16(18)9-13-12-8-15(20-4)14(19-3)7-11(12)6-10(2)17-13/h7-10,17H,5-6H2,1-4H3/t10-/m0/s1. The maximum absolute atomic E-state index is 11.7. The molecule has 2 rings (SSSR count). The molecule has 0 fully saturated rings. The summed E-state index contributed by atoms with van der Waals surface area (Å²) < 4.78 is 15.7. The molecule has 0 spiro atoms. The van der Waals surface area contributed by atoms with Crippen LogP contribution in [0, 0.1) is 0 Å². The molecule has 0 aromatic heterocycles. The average Bonchev–Trinajstić information content (AvgIpc) is 2.46. The highest BCUT2D eigenvalue weighted by atomic mass is 16.5. The highest BCUT2D eigenvalue weighted by Gasteiger charge is 2.22. The van der Waals surface area contributed by atoms with Crippen molar-refractivity contribution in [2.45, 2.75) is 26.3 Å². The van der Waals surface area contributed by atoms with Gasteiger partial charge in [-0.25, -0.2) is 4.79 Å². The van der Waals surface area contributed by atoms with E-state index in [9.17, 15) is 4.79 Å². The zero-order valence-electron chi connectivity index (χ0n) is 12.9. The van der Waals surface area contributed by atoms with Crippen molar-refractivity contribution in [3.63, 3.8) is 0 Å². The molecule has 5 heteroatoms. The second kappa shape index (κ2) is 6.52. The second-order valence-corrected chi connectivity index (χ2v) is 4.92. The normalized spacial score (nSPS) is 18.7. The summed E-state index contributed by atoms with van der Waals surface area (Å²) in [7, 11) is 3.21. The topological polar surface area (TPSA) is 56.8 Å². The number of benzene rings is 1. The van der Waals surface area contributed by atoms with Gasteiger partial charge in [-0.05, 0) is 38.0 Å². The first-order valence-electron chi connectivity index (χ1n) is 6.99. The number of fused-ring (bicyclic) bond motifs is 1. The van der Waals surface area contributed by atoms with Crippen LogP contribution < -0.4 is 14.8 Å². The third kappa shape index (κ3) is 3.29. The van der Waals surface area contributed by atoms with Gasteiger partial charge >= 0.3 is 5.97 Å². The second-order valence-electron chi connectivity index (χ2n) is 4.92. The first kappa shape index (κ1) is 15.2. The lowest BCUT2D eigenvalue weighted by Gasteiger charge is -2.27. The minimum atomic E-state index is -0.352. The largest absolute Gasteiger partial charge is 0.493 e. The number of carbonyl (C=O) groups excluding carboxylic acids is 1. The third-order valence-electron chi connectivity index (χ3n) is 3.38. The van der Waals surface area contributed by atoms with Gasteiger partial charge in [-0.1, -0.05) is 0 Å². The summed E-state index contributed by atoms with van der Waals surface area (Å²) in [6.45, 7) is 4.21. The van der Waals surface area contributed by atoms with Crippen LogP contribution in [0.3, 0.4) is 0 Å². The number of esters is 1. The van der Waals surface area contributed by atoms with E-state index in [1.165, 1.54) is 6.08 Å². The molecule has 1 aliphatic heterocycles. The van der Waals surface area contributed by atoms with Crippen molar-refractivity contribution in [1.82, 2.24) is 5.32 Å². The Morgan fingerprint density at radius 2 is 2.00 bits per heavy atom. The number of hydrogen-bond donors (Lipinski definition) is 1. The van der Waals surface area contributed by atoms with Gasteiger partial charge in [-0.3, -0.25) is 0 Å². The molecule has 0 radical (unpaired) electrons. The average molecular weight is 291 g/mol. The van der Waals surface area contributed by atoms with Gasteiger partial charge in [-0.2, -0.15) is 0 Å². The van der Waals surface area contributed by atoms with Crippen molar-refractivity contribution >= 4 is 11.7 Å². The van der Waals surface area contributed by atoms with Crippen LogP contribution >= 0.6 is 0 Å². The third-order valence-corrected chi connectivity index (χ3v) is 3.38. The molecule has 0 unspecified atom stereocenters. The summed E-state index contributed by atoms with van der Waals surface area (Å²) in [6, 6.07) is 4.08. The Balaban J connectivity index is 2.47. The van der Waals surface area contributed by atoms with E-state index in [1.807, 2.05) is 12.1 Å². The molecule has 0 saturated carbocycles. The van der Waals surface area contributed by atoms with Crippen molar-refractivity contribution < 1.29 is 19.0 Å². The summed E-state index contributed by atoms with van der Waals surface area (Å²) in [6.07, 6.45) is 2.35. The minimum Gasteiger partial charge on any atom is -0.493 e. The van der Waals surface area contributed by atoms with Gasteiger partial charge in [0.1, 0.15) is 0 Å². The van der Waals surface area contributed by atoms with E-state index in [2.05, 4.69) is 12.2 Å². The van der Waals surface area contributed by atoms with Crippen molar-refractivity contribution in [2.24, 2.45) is 0 Å². The first-order chi connectivity index (χ1) is 10.1. The van der Waals surface area contributed by atoms with Gasteiger partial charge in [0.05, 0.1) is 20.8 Å². The van der Waals surface area contributed by atoms with Gasteiger partial charge in [0, 0.05) is 23.4 Å². The van der Waals surface area contributed by atoms with Crippen LogP contribution in [0.15, 0.2) is 18.2 Å². The lowest BCUT2D eigenvalue weighted by molar-refractivity contribution is -0.137. The van der Waals surface area contributed by atoms with E-state index in [0.717, 1.165) is 23.2 Å². The van der Waals surface area contributed by atoms with Crippen molar-refractivity contribution in [2.75, 3.05) is 20.8 Å². The van der Waals surface area contributed by atoms with E-state index in [-0.39, 0.29) is 12.0 Å². The lowest BCUT2D eigenvalue weighted by Crippen LogP contribution is -2.32. The molecule has 0 amide bonds. The maximum Gasteiger partial charge on any atom is 0.332 e. The number of nitrogens with one attached hydrogen (secondary N) is 1. The molecule has 114 valence electrons. The van der Waals surface area contributed by atoms with Crippen LogP contribution in [-0.2, 0) is 16.0 Å². The number of methoxy groups -OCH3 is 2. The first-order valence-corrected chi connectivity index (χ1v) is 6.99. The van der Waals surface area contributed by atoms with E-state index < -0.39 is 0 Å². The zero-order chi connectivity index (χ0) is 15.4. The molecule has 1 aromatic carbocycles. The van der Waals surface area contributed by atoms with Crippen molar-refractivity contribution in [3.05, 3.63) is 29.3 Å². The molecule has 1 N–H and O–H groups in total. The lowest BCUT2D eigenvalue weighted by atomic mass is 9.93. The Morgan fingerprint density at radius 3 is 2.62 bits per heavy atom. The van der Waals surface area contributed by atoms with E-state index >= 15 is 0 Å². The summed E-state index contributed by atoms with van der Waals surface area (Å²) in [5, 5.41) is 3.31. The van der Waals surface area contributed by atoms with Crippen LogP contribution in [0.4, 0.5) is 0 Å². The van der Waals surface area contributed by atoms with E-state index in [0.29, 0.717) is 18.1 Å². The van der Waals surface area contributed by atoms with Crippen LogP contribution in [0.2, 0.25) is 0 Å². The van der Waals surface area contributed by atoms with Crippen LogP contribution in [0.25, 0.3) is 5.70 Å². The Kier molecular flexibility index (Phi) is 4.73. The molecule has 1 atom stereocenters. The van der Waals surface area contributed by atoms with E-state index in [4.69, 9.17) is 14.2 Å². The van der Waals surface area contributed by atoms with Gasteiger partial charge in [0.15, 0.2) is 11.5 Å². The summed E-state index contributed by atoms with van der Waals surface area (Å²) in [5.74, 6) is 0.984. The molecule has 1 heterocycles. The number of rotatable bonds is 4. The molecule has 0 aliphatic carbocycles. The zero-order valence-corrected chi connectivity index (χ0v) is 12.9. The molecular formula is C16H21NO4. The minimum absolute atomic E-state index is 0.233. The number of ether oxygens (including phenoxy) is 3. The molecule has 0 saturated heterocycles. The summed E-state index contributed by atoms with van der Waals surface area (Å²) in [5.41, 5.74) is 2.82. The van der Waals surface area contributed by atoms with Crippen molar-refractivity contribution in [1.29, 1.82) is 0 Å². The van der Waals surface area contributed by atoms with Crippen LogP contribution in [0.1, 0.15) is 25.0 Å². The fourth-order valence-electron chi connectivity index (χ4n) is 2.49. The van der Waals surface area contributed by atoms with Crippen LogP contribution in [0.5, 0.6) is 11.5 Å². The van der Waals surface area contributed by atoms with Gasteiger partial charge in [0.2, 0.25) is 0 Å². The number of carbonyl (C=O) groups is 1. The quantitative estimate of drug-likeness (QED) is 0.680.